The molecule has 66 valence electrons. The summed E-state index contributed by atoms with van der Waals surface area (Å²) in [4.78, 5) is 0. The second kappa shape index (κ2) is 6.26. The Morgan fingerprint density at radius 3 is 2.36 bits per heavy atom. The van der Waals surface area contributed by atoms with Crippen molar-refractivity contribution in [1.82, 2.24) is 0 Å². The minimum absolute atomic E-state index is 0.918. The molecule has 1 heteroatoms. The third-order valence-corrected chi connectivity index (χ3v) is 1.71. The number of allylic oxidation sites excluding steroid dienone is 1. The first kappa shape index (κ1) is 10.5. The Kier molecular flexibility index (Phi) is 6.00. The highest BCUT2D eigenvalue weighted by molar-refractivity contribution is 5.09. The van der Waals surface area contributed by atoms with Gasteiger partial charge in [0.2, 0.25) is 0 Å². The topological polar surface area (TPSA) is 9.23 Å². The van der Waals surface area contributed by atoms with Crippen LogP contribution >= 0.6 is 0 Å². The third kappa shape index (κ3) is 3.45. The predicted octanol–water partition coefficient (Wildman–Crippen LogP) is 3.51. The second-order valence-corrected chi connectivity index (χ2v) is 2.55. The van der Waals surface area contributed by atoms with E-state index in [9.17, 15) is 0 Å². The summed E-state index contributed by atoms with van der Waals surface area (Å²) >= 11 is 0. The van der Waals surface area contributed by atoms with Gasteiger partial charge in [-0.15, -0.1) is 0 Å². The minimum atomic E-state index is 0.918. The van der Waals surface area contributed by atoms with E-state index in [1.54, 1.807) is 0 Å². The largest absolute Gasteiger partial charge is 0.498 e. The predicted molar refractivity (Wildman–Crippen MR) is 49.5 cm³/mol. The van der Waals surface area contributed by atoms with Gasteiger partial charge in [0.1, 0.15) is 0 Å². The highest BCUT2D eigenvalue weighted by Crippen LogP contribution is 2.21. The molecule has 0 saturated carbocycles. The summed E-state index contributed by atoms with van der Waals surface area (Å²) in [5, 5.41) is 0. The Bertz CT molecular complexity index is 125. The average Bonchev–Trinajstić information content (AvgIpc) is 2.42. The van der Waals surface area contributed by atoms with Crippen LogP contribution in [-0.4, -0.2) is 6.61 Å². The number of hydrogen-bond donors (Lipinski definition) is 0. The molecule has 0 unspecified atom stereocenters. The molecule has 0 aromatic rings. The fraction of sp³-hybridized carbons (Fsp3) is 0.800. The van der Waals surface area contributed by atoms with E-state index >= 15 is 0 Å². The molecular weight excluding hydrogens is 136 g/mol. The Labute approximate surface area is 70.4 Å². The summed E-state index contributed by atoms with van der Waals surface area (Å²) < 4.78 is 5.39. The van der Waals surface area contributed by atoms with Gasteiger partial charge >= 0.3 is 0 Å². The molecule has 0 saturated heterocycles. The summed E-state index contributed by atoms with van der Waals surface area (Å²) in [7, 11) is 0. The van der Waals surface area contributed by atoms with Crippen LogP contribution in [0.15, 0.2) is 11.3 Å². The number of ether oxygens (including phenoxy) is 1. The van der Waals surface area contributed by atoms with E-state index in [4.69, 9.17) is 4.74 Å². The zero-order chi connectivity index (χ0) is 8.69. The van der Waals surface area contributed by atoms with Gasteiger partial charge in [-0.05, 0) is 18.9 Å². The van der Waals surface area contributed by atoms with Crippen LogP contribution in [0.5, 0.6) is 0 Å². The minimum Gasteiger partial charge on any atom is -0.498 e. The fourth-order valence-electron chi connectivity index (χ4n) is 1.10. The van der Waals surface area contributed by atoms with Crippen LogP contribution in [0.25, 0.3) is 0 Å². The van der Waals surface area contributed by atoms with Gasteiger partial charge in [0.15, 0.2) is 0 Å². The first-order valence-corrected chi connectivity index (χ1v) is 4.66. The fourth-order valence-corrected chi connectivity index (χ4v) is 1.10. The van der Waals surface area contributed by atoms with E-state index in [1.807, 2.05) is 13.8 Å². The number of hydrogen-bond acceptors (Lipinski definition) is 1. The molecule has 0 amide bonds. The first-order chi connectivity index (χ1) is 5.34. The molecule has 1 rings (SSSR count). The Balaban J connectivity index is 0.000000461. The summed E-state index contributed by atoms with van der Waals surface area (Å²) in [5.74, 6) is 1.25. The lowest BCUT2D eigenvalue weighted by Gasteiger charge is -2.00. The SMILES string of the molecule is CC.CCCC1=C(C)CCO1. The first-order valence-electron chi connectivity index (χ1n) is 4.66. The van der Waals surface area contributed by atoms with Crippen molar-refractivity contribution in [3.8, 4) is 0 Å². The molecule has 0 atom stereocenters. The van der Waals surface area contributed by atoms with Crippen LogP contribution < -0.4 is 0 Å². The van der Waals surface area contributed by atoms with Gasteiger partial charge in [-0.3, -0.25) is 0 Å². The van der Waals surface area contributed by atoms with Gasteiger partial charge in [-0.25, -0.2) is 0 Å². The van der Waals surface area contributed by atoms with E-state index in [1.165, 1.54) is 17.8 Å². The highest BCUT2D eigenvalue weighted by atomic mass is 16.5. The maximum Gasteiger partial charge on any atom is 0.0950 e. The summed E-state index contributed by atoms with van der Waals surface area (Å²) in [6, 6.07) is 0. The van der Waals surface area contributed by atoms with Crippen LogP contribution in [0.3, 0.4) is 0 Å². The van der Waals surface area contributed by atoms with E-state index < -0.39 is 0 Å². The molecular formula is C10H20O. The lowest BCUT2D eigenvalue weighted by atomic mass is 10.2. The van der Waals surface area contributed by atoms with Gasteiger partial charge in [0, 0.05) is 12.8 Å². The molecule has 1 heterocycles. The third-order valence-electron chi connectivity index (χ3n) is 1.71. The summed E-state index contributed by atoms with van der Waals surface area (Å²) in [6.07, 6.45) is 3.48. The molecule has 0 spiro atoms. The quantitative estimate of drug-likeness (QED) is 0.594. The van der Waals surface area contributed by atoms with Crippen molar-refractivity contribution in [2.45, 2.75) is 47.0 Å². The van der Waals surface area contributed by atoms with Crippen LogP contribution in [0.4, 0.5) is 0 Å². The normalized spacial score (nSPS) is 15.6. The van der Waals surface area contributed by atoms with Crippen LogP contribution in [0, 0.1) is 0 Å². The maximum absolute atomic E-state index is 5.39. The van der Waals surface area contributed by atoms with Crippen LogP contribution in [0.1, 0.15) is 47.0 Å². The molecule has 0 radical (unpaired) electrons. The van der Waals surface area contributed by atoms with E-state index in [0.29, 0.717) is 0 Å². The van der Waals surface area contributed by atoms with Crippen molar-refractivity contribution in [2.75, 3.05) is 6.61 Å². The summed E-state index contributed by atoms with van der Waals surface area (Å²) in [5.41, 5.74) is 1.46. The summed E-state index contributed by atoms with van der Waals surface area (Å²) in [6.45, 7) is 9.26. The van der Waals surface area contributed by atoms with E-state index in [0.717, 1.165) is 19.4 Å². The monoisotopic (exact) mass is 156 g/mol. The average molecular weight is 156 g/mol. The van der Waals surface area contributed by atoms with Crippen molar-refractivity contribution < 1.29 is 4.74 Å². The molecule has 1 aliphatic heterocycles. The lowest BCUT2D eigenvalue weighted by Crippen LogP contribution is -1.83. The molecule has 1 aliphatic rings. The van der Waals surface area contributed by atoms with Gasteiger partial charge in [0.05, 0.1) is 12.4 Å². The van der Waals surface area contributed by atoms with Crippen molar-refractivity contribution in [2.24, 2.45) is 0 Å². The van der Waals surface area contributed by atoms with Crippen molar-refractivity contribution >= 4 is 0 Å². The number of rotatable bonds is 2. The van der Waals surface area contributed by atoms with Crippen LogP contribution in [0.2, 0.25) is 0 Å². The molecule has 0 N–H and O–H groups in total. The molecule has 1 nitrogen and oxygen atoms in total. The lowest BCUT2D eigenvalue weighted by molar-refractivity contribution is 0.233. The van der Waals surface area contributed by atoms with Gasteiger partial charge < -0.3 is 4.74 Å². The molecule has 0 bridgehead atoms. The zero-order valence-electron chi connectivity index (χ0n) is 8.24. The second-order valence-electron chi connectivity index (χ2n) is 2.55. The van der Waals surface area contributed by atoms with E-state index in [-0.39, 0.29) is 0 Å². The maximum atomic E-state index is 5.39. The molecule has 0 aliphatic carbocycles. The standard InChI is InChI=1S/C8H14O.C2H6/c1-3-4-8-7(2)5-6-9-8;1-2/h3-6H2,1-2H3;1-2H3. The zero-order valence-corrected chi connectivity index (χ0v) is 8.24. The molecule has 11 heavy (non-hydrogen) atoms. The molecule has 0 aromatic heterocycles. The smallest absolute Gasteiger partial charge is 0.0950 e. The Hall–Kier alpha value is -0.460. The van der Waals surface area contributed by atoms with Gasteiger partial charge in [-0.1, -0.05) is 20.8 Å². The van der Waals surface area contributed by atoms with Crippen LogP contribution in [-0.2, 0) is 4.74 Å². The van der Waals surface area contributed by atoms with Crippen molar-refractivity contribution in [3.63, 3.8) is 0 Å². The molecule has 0 aromatic carbocycles. The Morgan fingerprint density at radius 2 is 2.00 bits per heavy atom. The van der Waals surface area contributed by atoms with Crippen molar-refractivity contribution in [1.29, 1.82) is 0 Å². The van der Waals surface area contributed by atoms with Gasteiger partial charge in [0.25, 0.3) is 0 Å². The Morgan fingerprint density at radius 1 is 1.36 bits per heavy atom. The van der Waals surface area contributed by atoms with Gasteiger partial charge in [-0.2, -0.15) is 0 Å². The molecule has 0 fully saturated rings. The van der Waals surface area contributed by atoms with E-state index in [2.05, 4.69) is 13.8 Å². The van der Waals surface area contributed by atoms with Crippen molar-refractivity contribution in [3.05, 3.63) is 11.3 Å². The highest BCUT2D eigenvalue weighted by Gasteiger charge is 2.09.